The number of hydrogen-bond donors (Lipinski definition) is 2. The van der Waals surface area contributed by atoms with Gasteiger partial charge in [0, 0.05) is 31.7 Å². The first-order valence-electron chi connectivity index (χ1n) is 6.84. The quantitative estimate of drug-likeness (QED) is 0.864. The SMILES string of the molecule is Cc1nccn1-c1ncccc1NC(=O)C1CNCCO1.Cl.Cl. The van der Waals surface area contributed by atoms with Crippen molar-refractivity contribution in [3.63, 3.8) is 0 Å². The van der Waals surface area contributed by atoms with E-state index in [-0.39, 0.29) is 30.7 Å². The minimum absolute atomic E-state index is 0. The molecule has 3 rings (SSSR count). The smallest absolute Gasteiger partial charge is 0.254 e. The maximum Gasteiger partial charge on any atom is 0.254 e. The lowest BCUT2D eigenvalue weighted by Gasteiger charge is -2.23. The summed E-state index contributed by atoms with van der Waals surface area (Å²) in [5, 5.41) is 6.02. The van der Waals surface area contributed by atoms with Crippen LogP contribution in [-0.2, 0) is 9.53 Å². The number of ether oxygens (including phenoxy) is 1. The van der Waals surface area contributed by atoms with Gasteiger partial charge in [-0.1, -0.05) is 0 Å². The summed E-state index contributed by atoms with van der Waals surface area (Å²) in [6.45, 7) is 3.72. The van der Waals surface area contributed by atoms with Gasteiger partial charge in [-0.15, -0.1) is 24.8 Å². The van der Waals surface area contributed by atoms with Crippen molar-refractivity contribution in [1.29, 1.82) is 0 Å². The topological polar surface area (TPSA) is 81.1 Å². The van der Waals surface area contributed by atoms with Gasteiger partial charge in [0.15, 0.2) is 5.82 Å². The zero-order valence-corrected chi connectivity index (χ0v) is 14.2. The Morgan fingerprint density at radius 2 is 2.22 bits per heavy atom. The van der Waals surface area contributed by atoms with Gasteiger partial charge in [-0.25, -0.2) is 9.97 Å². The standard InChI is InChI=1S/C14H17N5O2.2ClH/c1-10-16-5-7-19(10)13-11(3-2-4-17-13)18-14(20)12-9-15-6-8-21-12;;/h2-5,7,12,15H,6,8-9H2,1H3,(H,18,20);2*1H. The van der Waals surface area contributed by atoms with Crippen LogP contribution in [0.3, 0.4) is 0 Å². The number of rotatable bonds is 3. The lowest BCUT2D eigenvalue weighted by molar-refractivity contribution is -0.128. The summed E-state index contributed by atoms with van der Waals surface area (Å²) >= 11 is 0. The Morgan fingerprint density at radius 3 is 2.87 bits per heavy atom. The Balaban J connectivity index is 0.00000132. The number of nitrogens with one attached hydrogen (secondary N) is 2. The largest absolute Gasteiger partial charge is 0.366 e. The number of nitrogens with zero attached hydrogens (tertiary/aromatic N) is 3. The summed E-state index contributed by atoms with van der Waals surface area (Å²) < 4.78 is 7.28. The van der Waals surface area contributed by atoms with Gasteiger partial charge in [-0.2, -0.15) is 0 Å². The molecule has 0 aliphatic carbocycles. The first-order chi connectivity index (χ1) is 10.3. The number of halogens is 2. The summed E-state index contributed by atoms with van der Waals surface area (Å²) in [4.78, 5) is 20.8. The van der Waals surface area contributed by atoms with E-state index in [1.807, 2.05) is 23.8 Å². The van der Waals surface area contributed by atoms with Crippen molar-refractivity contribution in [3.8, 4) is 5.82 Å². The van der Waals surface area contributed by atoms with Crippen molar-refractivity contribution < 1.29 is 9.53 Å². The number of imidazole rings is 1. The third kappa shape index (κ3) is 4.42. The molecule has 23 heavy (non-hydrogen) atoms. The second kappa shape index (κ2) is 8.83. The Bertz CT molecular complexity index is 644. The third-order valence-electron chi connectivity index (χ3n) is 3.32. The molecule has 1 amide bonds. The fraction of sp³-hybridized carbons (Fsp3) is 0.357. The van der Waals surface area contributed by atoms with E-state index in [1.54, 1.807) is 18.5 Å². The third-order valence-corrected chi connectivity index (χ3v) is 3.32. The van der Waals surface area contributed by atoms with Crippen molar-refractivity contribution in [3.05, 3.63) is 36.5 Å². The fourth-order valence-corrected chi connectivity index (χ4v) is 2.24. The summed E-state index contributed by atoms with van der Waals surface area (Å²) in [5.41, 5.74) is 0.637. The first kappa shape index (κ1) is 19.4. The van der Waals surface area contributed by atoms with Gasteiger partial charge in [0.2, 0.25) is 0 Å². The maximum absolute atomic E-state index is 12.2. The summed E-state index contributed by atoms with van der Waals surface area (Å²) in [5.74, 6) is 1.28. The van der Waals surface area contributed by atoms with Crippen molar-refractivity contribution in [1.82, 2.24) is 19.9 Å². The van der Waals surface area contributed by atoms with Gasteiger partial charge in [0.1, 0.15) is 11.9 Å². The van der Waals surface area contributed by atoms with Crippen molar-refractivity contribution in [2.24, 2.45) is 0 Å². The first-order valence-corrected chi connectivity index (χ1v) is 6.84. The van der Waals surface area contributed by atoms with Crippen molar-refractivity contribution in [2.75, 3.05) is 25.0 Å². The van der Waals surface area contributed by atoms with Gasteiger partial charge in [0.25, 0.3) is 5.91 Å². The molecular weight excluding hydrogens is 341 g/mol. The number of carbonyl (C=O) groups excluding carboxylic acids is 1. The minimum atomic E-state index is -0.476. The molecule has 1 aliphatic heterocycles. The highest BCUT2D eigenvalue weighted by atomic mass is 35.5. The minimum Gasteiger partial charge on any atom is -0.366 e. The van der Waals surface area contributed by atoms with Crippen LogP contribution >= 0.6 is 24.8 Å². The maximum atomic E-state index is 12.2. The summed E-state index contributed by atoms with van der Waals surface area (Å²) in [7, 11) is 0. The number of hydrogen-bond acceptors (Lipinski definition) is 5. The molecule has 2 N–H and O–H groups in total. The van der Waals surface area contributed by atoms with Crippen LogP contribution in [0.25, 0.3) is 5.82 Å². The number of anilines is 1. The van der Waals surface area contributed by atoms with Crippen LogP contribution < -0.4 is 10.6 Å². The zero-order chi connectivity index (χ0) is 14.7. The molecule has 0 aromatic carbocycles. The fourth-order valence-electron chi connectivity index (χ4n) is 2.24. The molecule has 0 spiro atoms. The second-order valence-electron chi connectivity index (χ2n) is 4.77. The molecule has 0 bridgehead atoms. The van der Waals surface area contributed by atoms with E-state index in [9.17, 15) is 4.79 Å². The molecule has 1 saturated heterocycles. The molecule has 1 aliphatic rings. The van der Waals surface area contributed by atoms with Gasteiger partial charge >= 0.3 is 0 Å². The van der Waals surface area contributed by atoms with Crippen molar-refractivity contribution in [2.45, 2.75) is 13.0 Å². The van der Waals surface area contributed by atoms with Crippen LogP contribution in [0.1, 0.15) is 5.82 Å². The molecular formula is C14H19Cl2N5O2. The molecule has 2 aromatic heterocycles. The van der Waals surface area contributed by atoms with E-state index >= 15 is 0 Å². The summed E-state index contributed by atoms with van der Waals surface area (Å²) in [6.07, 6.45) is 4.72. The number of carbonyl (C=O) groups is 1. The highest BCUT2D eigenvalue weighted by molar-refractivity contribution is 5.95. The molecule has 9 heteroatoms. The molecule has 0 radical (unpaired) electrons. The Morgan fingerprint density at radius 1 is 1.39 bits per heavy atom. The number of morpholine rings is 1. The Kier molecular flexibility index (Phi) is 7.44. The summed E-state index contributed by atoms with van der Waals surface area (Å²) in [6, 6.07) is 3.60. The van der Waals surface area contributed by atoms with Crippen LogP contribution in [0.4, 0.5) is 5.69 Å². The monoisotopic (exact) mass is 359 g/mol. The molecule has 7 nitrogen and oxygen atoms in total. The lowest BCUT2D eigenvalue weighted by Crippen LogP contribution is -2.45. The number of pyridine rings is 1. The van der Waals surface area contributed by atoms with E-state index in [0.717, 1.165) is 12.4 Å². The number of aromatic nitrogens is 3. The molecule has 1 fully saturated rings. The Hall–Kier alpha value is -1.67. The highest BCUT2D eigenvalue weighted by Gasteiger charge is 2.22. The molecule has 1 unspecified atom stereocenters. The van der Waals surface area contributed by atoms with E-state index < -0.39 is 6.10 Å². The molecule has 1 atom stereocenters. The van der Waals surface area contributed by atoms with E-state index in [0.29, 0.717) is 24.7 Å². The van der Waals surface area contributed by atoms with Gasteiger partial charge < -0.3 is 15.4 Å². The van der Waals surface area contributed by atoms with Crippen molar-refractivity contribution >= 4 is 36.4 Å². The molecule has 3 heterocycles. The number of amides is 1. The predicted octanol–water partition coefficient (Wildman–Crippen LogP) is 1.35. The van der Waals surface area contributed by atoms with Crippen LogP contribution in [0, 0.1) is 6.92 Å². The van der Waals surface area contributed by atoms with Gasteiger partial charge in [0.05, 0.1) is 12.3 Å². The van der Waals surface area contributed by atoms with E-state index in [4.69, 9.17) is 4.74 Å². The predicted molar refractivity (Wildman–Crippen MR) is 91.8 cm³/mol. The lowest BCUT2D eigenvalue weighted by atomic mass is 10.2. The normalized spacial score (nSPS) is 16.8. The molecule has 0 saturated carbocycles. The van der Waals surface area contributed by atoms with Crippen LogP contribution in [-0.4, -0.2) is 46.2 Å². The average Bonchev–Trinajstić information content (AvgIpc) is 2.95. The van der Waals surface area contributed by atoms with Crippen LogP contribution in [0.2, 0.25) is 0 Å². The van der Waals surface area contributed by atoms with Gasteiger partial charge in [-0.3, -0.25) is 9.36 Å². The molecule has 126 valence electrons. The van der Waals surface area contributed by atoms with Gasteiger partial charge in [-0.05, 0) is 19.1 Å². The average molecular weight is 360 g/mol. The van der Waals surface area contributed by atoms with Crippen LogP contribution in [0.5, 0.6) is 0 Å². The second-order valence-corrected chi connectivity index (χ2v) is 4.77. The highest BCUT2D eigenvalue weighted by Crippen LogP contribution is 2.19. The molecule has 2 aromatic rings. The van der Waals surface area contributed by atoms with E-state index in [1.165, 1.54) is 0 Å². The number of aryl methyl sites for hydroxylation is 1. The zero-order valence-electron chi connectivity index (χ0n) is 12.6. The van der Waals surface area contributed by atoms with Crippen LogP contribution in [0.15, 0.2) is 30.7 Å². The Labute approximate surface area is 146 Å². The van der Waals surface area contributed by atoms with E-state index in [2.05, 4.69) is 20.6 Å².